The molecule has 128 valence electrons. The molecule has 6 nitrogen and oxygen atoms in total. The first-order valence-corrected chi connectivity index (χ1v) is 8.67. The number of hydrazine groups is 1. The van der Waals surface area contributed by atoms with Crippen molar-refractivity contribution in [2.24, 2.45) is 0 Å². The Kier molecular flexibility index (Phi) is 5.71. The smallest absolute Gasteiger partial charge is 0.269 e. The third-order valence-corrected chi connectivity index (χ3v) is 4.63. The molecule has 0 radical (unpaired) electrons. The largest absolute Gasteiger partial charge is 0.468 e. The fraction of sp³-hybridized carbons (Fsp3) is 0.111. The van der Waals surface area contributed by atoms with Crippen LogP contribution >= 0.6 is 11.8 Å². The van der Waals surface area contributed by atoms with E-state index in [-0.39, 0.29) is 10.6 Å². The minimum atomic E-state index is -0.380. The third kappa shape index (κ3) is 4.85. The van der Waals surface area contributed by atoms with E-state index in [4.69, 9.17) is 4.42 Å². The van der Waals surface area contributed by atoms with Crippen molar-refractivity contribution >= 4 is 23.1 Å². The van der Waals surface area contributed by atoms with Crippen LogP contribution in [-0.2, 0) is 12.3 Å². The Morgan fingerprint density at radius 3 is 2.64 bits per heavy atom. The summed E-state index contributed by atoms with van der Waals surface area (Å²) in [7, 11) is 0. The molecule has 0 saturated carbocycles. The van der Waals surface area contributed by atoms with E-state index < -0.39 is 0 Å². The lowest BCUT2D eigenvalue weighted by Gasteiger charge is -2.12. The minimum Gasteiger partial charge on any atom is -0.468 e. The Labute approximate surface area is 149 Å². The molecule has 3 aromatic rings. The van der Waals surface area contributed by atoms with Gasteiger partial charge in [-0.15, -0.1) is 11.8 Å². The Morgan fingerprint density at radius 1 is 1.08 bits per heavy atom. The fourth-order valence-electron chi connectivity index (χ4n) is 2.26. The zero-order valence-corrected chi connectivity index (χ0v) is 14.2. The molecule has 2 N–H and O–H groups in total. The minimum absolute atomic E-state index is 0.0823. The predicted molar refractivity (Wildman–Crippen MR) is 98.3 cm³/mol. The highest BCUT2D eigenvalue weighted by Crippen LogP contribution is 2.29. The number of nitro groups is 1. The summed E-state index contributed by atoms with van der Waals surface area (Å²) in [6, 6.07) is 18.3. The summed E-state index contributed by atoms with van der Waals surface area (Å²) < 4.78 is 5.34. The van der Waals surface area contributed by atoms with Gasteiger partial charge in [-0.25, -0.2) is 5.43 Å². The lowest BCUT2D eigenvalue weighted by molar-refractivity contribution is -0.385. The van der Waals surface area contributed by atoms with E-state index in [1.807, 2.05) is 42.5 Å². The number of thioether (sulfide) groups is 1. The summed E-state index contributed by atoms with van der Waals surface area (Å²) in [6.07, 6.45) is 1.64. The van der Waals surface area contributed by atoms with Crippen molar-refractivity contribution in [2.45, 2.75) is 17.2 Å². The highest BCUT2D eigenvalue weighted by atomic mass is 32.2. The second-order valence-electron chi connectivity index (χ2n) is 5.26. The fourth-order valence-corrected chi connectivity index (χ4v) is 3.21. The van der Waals surface area contributed by atoms with E-state index in [1.165, 1.54) is 6.07 Å². The van der Waals surface area contributed by atoms with Crippen molar-refractivity contribution in [2.75, 3.05) is 5.43 Å². The first kappa shape index (κ1) is 17.1. The van der Waals surface area contributed by atoms with E-state index in [1.54, 1.807) is 30.2 Å². The number of para-hydroxylation sites is 1. The van der Waals surface area contributed by atoms with Crippen LogP contribution in [0.5, 0.6) is 0 Å². The number of non-ortho nitro benzene ring substituents is 1. The lowest BCUT2D eigenvalue weighted by Crippen LogP contribution is -2.21. The van der Waals surface area contributed by atoms with Crippen LogP contribution in [0.1, 0.15) is 11.3 Å². The zero-order chi connectivity index (χ0) is 17.5. The van der Waals surface area contributed by atoms with Gasteiger partial charge in [0.05, 0.1) is 16.9 Å². The quantitative estimate of drug-likeness (QED) is 0.349. The first-order chi connectivity index (χ1) is 12.2. The summed E-state index contributed by atoms with van der Waals surface area (Å²) >= 11 is 1.59. The number of hydrogen-bond acceptors (Lipinski definition) is 6. The number of nitrogens with one attached hydrogen (secondary N) is 2. The van der Waals surface area contributed by atoms with Gasteiger partial charge in [0.2, 0.25) is 0 Å². The van der Waals surface area contributed by atoms with Gasteiger partial charge in [0.25, 0.3) is 5.69 Å². The van der Waals surface area contributed by atoms with Crippen molar-refractivity contribution in [3.05, 3.63) is 88.4 Å². The summed E-state index contributed by atoms with van der Waals surface area (Å²) in [5, 5.41) is 11.1. The monoisotopic (exact) mass is 355 g/mol. The Hall–Kier alpha value is -2.77. The van der Waals surface area contributed by atoms with E-state index in [9.17, 15) is 10.1 Å². The van der Waals surface area contributed by atoms with E-state index >= 15 is 0 Å². The topological polar surface area (TPSA) is 80.3 Å². The third-order valence-electron chi connectivity index (χ3n) is 3.49. The maximum atomic E-state index is 11.1. The molecular formula is C18H17N3O3S. The second-order valence-corrected chi connectivity index (χ2v) is 6.28. The van der Waals surface area contributed by atoms with Crippen LogP contribution < -0.4 is 10.9 Å². The summed E-state index contributed by atoms with van der Waals surface area (Å²) in [4.78, 5) is 11.6. The van der Waals surface area contributed by atoms with Crippen molar-refractivity contribution in [1.29, 1.82) is 0 Å². The van der Waals surface area contributed by atoms with Crippen LogP contribution in [0.4, 0.5) is 11.4 Å². The number of nitro benzene ring substituents is 1. The van der Waals surface area contributed by atoms with Crippen LogP contribution in [0.25, 0.3) is 0 Å². The molecule has 0 aliphatic rings. The zero-order valence-electron chi connectivity index (χ0n) is 13.3. The molecule has 3 rings (SSSR count). The van der Waals surface area contributed by atoms with Crippen molar-refractivity contribution in [1.82, 2.24) is 5.43 Å². The number of anilines is 1. The normalized spacial score (nSPS) is 10.6. The van der Waals surface area contributed by atoms with Gasteiger partial charge in [0.1, 0.15) is 5.76 Å². The maximum Gasteiger partial charge on any atom is 0.269 e. The Balaban J connectivity index is 1.69. The molecule has 0 aliphatic heterocycles. The predicted octanol–water partition coefficient (Wildman–Crippen LogP) is 4.60. The molecule has 7 heteroatoms. The highest BCUT2D eigenvalue weighted by Gasteiger charge is 2.12. The average Bonchev–Trinajstić information content (AvgIpc) is 3.15. The van der Waals surface area contributed by atoms with Gasteiger partial charge in [-0.2, -0.15) is 0 Å². The van der Waals surface area contributed by atoms with Crippen LogP contribution in [0, 0.1) is 10.1 Å². The molecule has 1 heterocycles. The van der Waals surface area contributed by atoms with Crippen molar-refractivity contribution < 1.29 is 9.34 Å². The number of benzene rings is 2. The van der Waals surface area contributed by atoms with Crippen molar-refractivity contribution in [3.63, 3.8) is 0 Å². The molecule has 0 aliphatic carbocycles. The van der Waals surface area contributed by atoms with Crippen LogP contribution in [0.2, 0.25) is 0 Å². The number of nitrogens with zero attached hydrogens (tertiary/aromatic N) is 1. The molecule has 0 spiro atoms. The van der Waals surface area contributed by atoms with Gasteiger partial charge >= 0.3 is 0 Å². The van der Waals surface area contributed by atoms with Gasteiger partial charge in [0, 0.05) is 29.3 Å². The van der Waals surface area contributed by atoms with Gasteiger partial charge < -0.3 is 9.84 Å². The summed E-state index contributed by atoms with van der Waals surface area (Å²) in [5.41, 5.74) is 8.07. The molecule has 2 aromatic carbocycles. The van der Waals surface area contributed by atoms with Crippen LogP contribution in [-0.4, -0.2) is 4.92 Å². The van der Waals surface area contributed by atoms with Gasteiger partial charge in [0.15, 0.2) is 0 Å². The van der Waals surface area contributed by atoms with E-state index in [2.05, 4.69) is 10.9 Å². The van der Waals surface area contributed by atoms with Gasteiger partial charge in [-0.05, 0) is 35.9 Å². The molecule has 0 bridgehead atoms. The van der Waals surface area contributed by atoms with Crippen LogP contribution in [0.15, 0.2) is 76.2 Å². The number of hydrogen-bond donors (Lipinski definition) is 2. The Bertz CT molecular complexity index is 823. The van der Waals surface area contributed by atoms with E-state index in [0.29, 0.717) is 12.3 Å². The highest BCUT2D eigenvalue weighted by molar-refractivity contribution is 7.98. The molecule has 0 unspecified atom stereocenters. The molecular weight excluding hydrogens is 338 g/mol. The number of furan rings is 1. The molecule has 25 heavy (non-hydrogen) atoms. The standard InChI is InChI=1S/C18H17N3O3S/c22-21(23)16-8-9-18(25-13-17-7-4-10-24-17)14(11-16)12-19-20-15-5-2-1-3-6-15/h1-11,19-20H,12-13H2. The summed E-state index contributed by atoms with van der Waals surface area (Å²) in [6.45, 7) is 0.455. The first-order valence-electron chi connectivity index (χ1n) is 7.69. The maximum absolute atomic E-state index is 11.1. The van der Waals surface area contributed by atoms with Gasteiger partial charge in [-0.1, -0.05) is 18.2 Å². The van der Waals surface area contributed by atoms with Crippen LogP contribution in [0.3, 0.4) is 0 Å². The molecule has 1 aromatic heterocycles. The Morgan fingerprint density at radius 2 is 1.92 bits per heavy atom. The average molecular weight is 355 g/mol. The molecule has 0 fully saturated rings. The molecule has 0 atom stereocenters. The molecule has 0 saturated heterocycles. The van der Waals surface area contributed by atoms with Gasteiger partial charge in [-0.3, -0.25) is 10.1 Å². The SMILES string of the molecule is O=[N+]([O-])c1ccc(SCc2ccco2)c(CNNc2ccccc2)c1. The lowest BCUT2D eigenvalue weighted by atomic mass is 10.2. The van der Waals surface area contributed by atoms with E-state index in [0.717, 1.165) is 21.9 Å². The summed E-state index contributed by atoms with van der Waals surface area (Å²) in [5.74, 6) is 1.54. The van der Waals surface area contributed by atoms with Crippen molar-refractivity contribution in [3.8, 4) is 0 Å². The number of rotatable bonds is 8. The molecule has 0 amide bonds. The second kappa shape index (κ2) is 8.36.